The zero-order valence-electron chi connectivity index (χ0n) is 11.5. The van der Waals surface area contributed by atoms with Crippen LogP contribution in [0.4, 0.5) is 0 Å². The summed E-state index contributed by atoms with van der Waals surface area (Å²) >= 11 is 0. The Bertz CT molecular complexity index is 780. The number of para-hydroxylation sites is 1. The molecule has 0 saturated heterocycles. The molecule has 0 unspecified atom stereocenters. The van der Waals surface area contributed by atoms with E-state index in [-0.39, 0.29) is 11.1 Å². The Labute approximate surface area is 123 Å². The second kappa shape index (κ2) is 6.27. The molecular weight excluding hydrogens is 294 g/mol. The molecule has 2 rings (SSSR count). The van der Waals surface area contributed by atoms with E-state index in [9.17, 15) is 14.4 Å². The molecule has 22 heavy (non-hydrogen) atoms. The van der Waals surface area contributed by atoms with E-state index in [0.29, 0.717) is 11.1 Å². The molecule has 0 spiro atoms. The summed E-state index contributed by atoms with van der Waals surface area (Å²) < 4.78 is 10.1. The summed E-state index contributed by atoms with van der Waals surface area (Å²) in [6.07, 6.45) is 0. The molecule has 0 saturated carbocycles. The molecule has 0 aliphatic heterocycles. The van der Waals surface area contributed by atoms with E-state index in [1.165, 1.54) is 13.2 Å². The van der Waals surface area contributed by atoms with Crippen LogP contribution < -0.4 is 15.7 Å². The number of carbonyl (C=O) groups is 2. The number of amides is 1. The molecule has 1 atom stereocenters. The normalized spacial score (nSPS) is 11.9. The van der Waals surface area contributed by atoms with Crippen molar-refractivity contribution in [1.82, 2.24) is 5.32 Å². The van der Waals surface area contributed by atoms with Crippen molar-refractivity contribution in [3.8, 4) is 5.75 Å². The Morgan fingerprint density at radius 3 is 2.73 bits per heavy atom. The van der Waals surface area contributed by atoms with Gasteiger partial charge in [-0.25, -0.2) is 9.59 Å². The lowest BCUT2D eigenvalue weighted by Crippen LogP contribution is -2.44. The fourth-order valence-electron chi connectivity index (χ4n) is 1.86. The topological polar surface area (TPSA) is 126 Å². The Kier molecular flexibility index (Phi) is 4.42. The first-order valence-electron chi connectivity index (χ1n) is 6.23. The van der Waals surface area contributed by atoms with Crippen LogP contribution in [0.25, 0.3) is 11.0 Å². The third-order valence-electron chi connectivity index (χ3n) is 2.97. The standard InChI is InChI=1S/C14H13NO7/c1-21-10-4-2-3-7-5-8(14(20)22-11(7)10)12(17)15-9(6-16)13(18)19/h2-5,9,16H,6H2,1H3,(H,15,17)(H,18,19)/t9-/m0/s1. The summed E-state index contributed by atoms with van der Waals surface area (Å²) in [4.78, 5) is 34.6. The third-order valence-corrected chi connectivity index (χ3v) is 2.97. The molecule has 2 aromatic rings. The van der Waals surface area contributed by atoms with E-state index >= 15 is 0 Å². The van der Waals surface area contributed by atoms with E-state index in [0.717, 1.165) is 0 Å². The lowest BCUT2D eigenvalue weighted by atomic mass is 10.1. The van der Waals surface area contributed by atoms with Crippen LogP contribution in [-0.2, 0) is 4.79 Å². The number of benzene rings is 1. The molecule has 1 aromatic heterocycles. The summed E-state index contributed by atoms with van der Waals surface area (Å²) in [5, 5.41) is 20.2. The lowest BCUT2D eigenvalue weighted by Gasteiger charge is -2.11. The van der Waals surface area contributed by atoms with Gasteiger partial charge in [0, 0.05) is 5.39 Å². The van der Waals surface area contributed by atoms with E-state index in [2.05, 4.69) is 0 Å². The SMILES string of the molecule is COc1cccc2cc(C(=O)N[C@@H](CO)C(=O)O)c(=O)oc12. The summed E-state index contributed by atoms with van der Waals surface area (Å²) in [7, 11) is 1.41. The van der Waals surface area contributed by atoms with Gasteiger partial charge in [0.25, 0.3) is 5.91 Å². The van der Waals surface area contributed by atoms with Gasteiger partial charge in [0.2, 0.25) is 0 Å². The van der Waals surface area contributed by atoms with E-state index < -0.39 is 30.2 Å². The largest absolute Gasteiger partial charge is 0.493 e. The van der Waals surface area contributed by atoms with Gasteiger partial charge in [-0.1, -0.05) is 12.1 Å². The number of nitrogens with one attached hydrogen (secondary N) is 1. The molecule has 0 bridgehead atoms. The van der Waals surface area contributed by atoms with Gasteiger partial charge in [-0.2, -0.15) is 0 Å². The number of hydrogen-bond donors (Lipinski definition) is 3. The van der Waals surface area contributed by atoms with E-state index in [1.807, 2.05) is 5.32 Å². The molecule has 0 fully saturated rings. The average molecular weight is 307 g/mol. The number of aliphatic carboxylic acids is 1. The molecule has 116 valence electrons. The third kappa shape index (κ3) is 2.91. The quantitative estimate of drug-likeness (QED) is 0.662. The number of fused-ring (bicyclic) bond motifs is 1. The molecular formula is C14H13NO7. The van der Waals surface area contributed by atoms with Crippen LogP contribution in [0, 0.1) is 0 Å². The minimum Gasteiger partial charge on any atom is -0.493 e. The summed E-state index contributed by atoms with van der Waals surface area (Å²) in [6, 6.07) is 4.62. The zero-order valence-corrected chi connectivity index (χ0v) is 11.5. The summed E-state index contributed by atoms with van der Waals surface area (Å²) in [6.45, 7) is -0.798. The highest BCUT2D eigenvalue weighted by Gasteiger charge is 2.22. The van der Waals surface area contributed by atoms with Gasteiger partial charge < -0.3 is 24.7 Å². The second-order valence-electron chi connectivity index (χ2n) is 4.37. The van der Waals surface area contributed by atoms with Crippen LogP contribution in [0.3, 0.4) is 0 Å². The highest BCUT2D eigenvalue weighted by molar-refractivity contribution is 5.99. The number of methoxy groups -OCH3 is 1. The number of hydrogen-bond acceptors (Lipinski definition) is 6. The highest BCUT2D eigenvalue weighted by atomic mass is 16.5. The van der Waals surface area contributed by atoms with Crippen LogP contribution in [0.2, 0.25) is 0 Å². The maximum Gasteiger partial charge on any atom is 0.349 e. The fraction of sp³-hybridized carbons (Fsp3) is 0.214. The first-order valence-corrected chi connectivity index (χ1v) is 6.23. The van der Waals surface area contributed by atoms with E-state index in [1.54, 1.807) is 18.2 Å². The van der Waals surface area contributed by atoms with Crippen LogP contribution in [0.15, 0.2) is 33.5 Å². The van der Waals surface area contributed by atoms with Crippen molar-refractivity contribution in [2.24, 2.45) is 0 Å². The monoisotopic (exact) mass is 307 g/mol. The zero-order chi connectivity index (χ0) is 16.3. The Morgan fingerprint density at radius 1 is 1.41 bits per heavy atom. The maximum absolute atomic E-state index is 12.0. The van der Waals surface area contributed by atoms with Gasteiger partial charge in [-0.05, 0) is 12.1 Å². The maximum atomic E-state index is 12.0. The van der Waals surface area contributed by atoms with Crippen LogP contribution >= 0.6 is 0 Å². The van der Waals surface area contributed by atoms with Crippen molar-refractivity contribution < 1.29 is 29.0 Å². The number of carboxylic acid groups (broad SMARTS) is 1. The highest BCUT2D eigenvalue weighted by Crippen LogP contribution is 2.24. The summed E-state index contributed by atoms with van der Waals surface area (Å²) in [5.74, 6) is -2.03. The van der Waals surface area contributed by atoms with Crippen LogP contribution in [-0.4, -0.2) is 41.8 Å². The van der Waals surface area contributed by atoms with E-state index in [4.69, 9.17) is 19.4 Å². The average Bonchev–Trinajstić information content (AvgIpc) is 2.50. The predicted molar refractivity (Wildman–Crippen MR) is 75.0 cm³/mol. The van der Waals surface area contributed by atoms with Crippen molar-refractivity contribution in [2.75, 3.05) is 13.7 Å². The van der Waals surface area contributed by atoms with Crippen LogP contribution in [0.1, 0.15) is 10.4 Å². The number of aliphatic hydroxyl groups excluding tert-OH is 1. The van der Waals surface area contributed by atoms with Gasteiger partial charge in [-0.15, -0.1) is 0 Å². The molecule has 0 radical (unpaired) electrons. The lowest BCUT2D eigenvalue weighted by molar-refractivity contribution is -0.140. The van der Waals surface area contributed by atoms with Gasteiger partial charge in [-0.3, -0.25) is 4.79 Å². The first kappa shape index (κ1) is 15.5. The smallest absolute Gasteiger partial charge is 0.349 e. The number of carbonyl (C=O) groups excluding carboxylic acids is 1. The number of aliphatic hydroxyl groups is 1. The van der Waals surface area contributed by atoms with Crippen molar-refractivity contribution in [2.45, 2.75) is 6.04 Å². The molecule has 8 nitrogen and oxygen atoms in total. The van der Waals surface area contributed by atoms with Crippen molar-refractivity contribution in [3.63, 3.8) is 0 Å². The fourth-order valence-corrected chi connectivity index (χ4v) is 1.86. The molecule has 1 heterocycles. The Balaban J connectivity index is 2.44. The minimum absolute atomic E-state index is 0.184. The number of ether oxygens (including phenoxy) is 1. The molecule has 3 N–H and O–H groups in total. The van der Waals surface area contributed by atoms with Crippen molar-refractivity contribution in [3.05, 3.63) is 40.2 Å². The predicted octanol–water partition coefficient (Wildman–Crippen LogP) is -0.0231. The second-order valence-corrected chi connectivity index (χ2v) is 4.37. The van der Waals surface area contributed by atoms with Crippen LogP contribution in [0.5, 0.6) is 5.75 Å². The van der Waals surface area contributed by atoms with Gasteiger partial charge in [0.1, 0.15) is 5.56 Å². The molecule has 0 aliphatic rings. The van der Waals surface area contributed by atoms with Crippen molar-refractivity contribution in [1.29, 1.82) is 0 Å². The molecule has 1 aromatic carbocycles. The van der Waals surface area contributed by atoms with Crippen molar-refractivity contribution >= 4 is 22.8 Å². The molecule has 0 aliphatic carbocycles. The first-order chi connectivity index (χ1) is 10.5. The Hall–Kier alpha value is -2.87. The number of carboxylic acids is 1. The molecule has 8 heteroatoms. The minimum atomic E-state index is -1.51. The van der Waals surface area contributed by atoms with Gasteiger partial charge in [0.15, 0.2) is 17.4 Å². The number of rotatable bonds is 5. The van der Waals surface area contributed by atoms with Gasteiger partial charge >= 0.3 is 11.6 Å². The molecule has 1 amide bonds. The summed E-state index contributed by atoms with van der Waals surface area (Å²) in [5.41, 5.74) is -1.11. The Morgan fingerprint density at radius 2 is 2.14 bits per heavy atom. The van der Waals surface area contributed by atoms with Gasteiger partial charge in [0.05, 0.1) is 13.7 Å².